The molecule has 0 aromatic rings. The van der Waals surface area contributed by atoms with Crippen molar-refractivity contribution in [3.63, 3.8) is 0 Å². The zero-order valence-corrected chi connectivity index (χ0v) is 50.2. The van der Waals surface area contributed by atoms with Crippen molar-refractivity contribution in [3.05, 3.63) is 122 Å². The minimum atomic E-state index is -0.813. The summed E-state index contributed by atoms with van der Waals surface area (Å²) in [5, 5.41) is 0. The summed E-state index contributed by atoms with van der Waals surface area (Å²) in [6, 6.07) is 0. The normalized spacial score (nSPS) is 12.9. The Hall–Kier alpha value is -4.19. The summed E-state index contributed by atoms with van der Waals surface area (Å²) in [5.41, 5.74) is 0. The van der Waals surface area contributed by atoms with Crippen molar-refractivity contribution < 1.29 is 28.6 Å². The van der Waals surface area contributed by atoms with Crippen molar-refractivity contribution in [2.45, 2.75) is 297 Å². The van der Waals surface area contributed by atoms with Crippen LogP contribution < -0.4 is 0 Å². The van der Waals surface area contributed by atoms with Crippen molar-refractivity contribution in [1.29, 1.82) is 0 Å². The van der Waals surface area contributed by atoms with E-state index in [0.717, 1.165) is 103 Å². The largest absolute Gasteiger partial charge is 0.462 e. The van der Waals surface area contributed by atoms with Gasteiger partial charge in [-0.1, -0.05) is 284 Å². The van der Waals surface area contributed by atoms with Gasteiger partial charge < -0.3 is 14.2 Å². The van der Waals surface area contributed by atoms with Crippen LogP contribution in [0.2, 0.25) is 0 Å². The van der Waals surface area contributed by atoms with Crippen LogP contribution in [0.25, 0.3) is 0 Å². The number of hydrogen-bond acceptors (Lipinski definition) is 6. The van der Waals surface area contributed by atoms with Gasteiger partial charge >= 0.3 is 17.9 Å². The highest BCUT2D eigenvalue weighted by Gasteiger charge is 2.19. The molecule has 0 heterocycles. The molecular weight excluding hydrogens is 949 g/mol. The summed E-state index contributed by atoms with van der Waals surface area (Å²) in [7, 11) is 0. The monoisotopic (exact) mass is 1070 g/mol. The third-order valence-electron chi connectivity index (χ3n) is 13.5. The Morgan fingerprint density at radius 2 is 0.519 bits per heavy atom. The smallest absolute Gasteiger partial charge is 0.306 e. The van der Waals surface area contributed by atoms with Crippen LogP contribution in [0.1, 0.15) is 290 Å². The lowest BCUT2D eigenvalue weighted by Gasteiger charge is -2.18. The summed E-state index contributed by atoms with van der Waals surface area (Å²) in [5.74, 6) is -0.964. The van der Waals surface area contributed by atoms with E-state index in [9.17, 15) is 14.4 Å². The van der Waals surface area contributed by atoms with Crippen LogP contribution in [0.4, 0.5) is 0 Å². The summed E-state index contributed by atoms with van der Waals surface area (Å²) in [6.45, 7) is 6.47. The molecule has 0 aromatic heterocycles. The first-order valence-electron chi connectivity index (χ1n) is 32.0. The molecule has 0 aliphatic heterocycles. The lowest BCUT2D eigenvalue weighted by atomic mass is 10.1. The van der Waals surface area contributed by atoms with Gasteiger partial charge in [-0.3, -0.25) is 14.4 Å². The molecule has 0 radical (unpaired) electrons. The van der Waals surface area contributed by atoms with Gasteiger partial charge in [0.25, 0.3) is 0 Å². The molecule has 0 bridgehead atoms. The first kappa shape index (κ1) is 72.8. The second-order valence-corrected chi connectivity index (χ2v) is 20.9. The Labute approximate surface area is 475 Å². The fraction of sp³-hybridized carbons (Fsp3) is 0.676. The second kappa shape index (κ2) is 64.3. The molecule has 0 aromatic carbocycles. The Bertz CT molecular complexity index is 1600. The number of carbonyl (C=O) groups excluding carboxylic acids is 3. The zero-order chi connectivity index (χ0) is 55.7. The first-order valence-corrected chi connectivity index (χ1v) is 32.0. The number of allylic oxidation sites excluding steroid dienone is 20. The van der Waals surface area contributed by atoms with Gasteiger partial charge in [0, 0.05) is 19.3 Å². The summed E-state index contributed by atoms with van der Waals surface area (Å²) in [4.78, 5) is 38.2. The maximum Gasteiger partial charge on any atom is 0.306 e. The van der Waals surface area contributed by atoms with Gasteiger partial charge in [-0.2, -0.15) is 0 Å². The average Bonchev–Trinajstić information content (AvgIpc) is 3.43. The molecule has 0 amide bonds. The highest BCUT2D eigenvalue weighted by atomic mass is 16.6. The van der Waals surface area contributed by atoms with Gasteiger partial charge in [-0.25, -0.2) is 0 Å². The van der Waals surface area contributed by atoms with Crippen LogP contribution >= 0.6 is 0 Å². The van der Waals surface area contributed by atoms with E-state index in [0.29, 0.717) is 19.3 Å². The molecule has 0 spiro atoms. The third-order valence-corrected chi connectivity index (χ3v) is 13.5. The van der Waals surface area contributed by atoms with Gasteiger partial charge in [0.2, 0.25) is 0 Å². The topological polar surface area (TPSA) is 78.9 Å². The van der Waals surface area contributed by atoms with E-state index in [1.165, 1.54) is 141 Å². The standard InChI is InChI=1S/C71H118O6/c1-4-7-10-13-16-19-22-24-26-28-30-32-34-35-37-38-40-42-44-46-49-52-55-58-61-64-70(73)76-67-68(66-75-69(72)63-60-57-54-51-48-21-18-15-12-9-6-3)77-71(74)65-62-59-56-53-50-47-45-43-41-39-36-33-31-29-27-25-23-20-17-14-11-8-5-2/h8,11,17,20,22,24-25,27-28,30-31,33-35,39,41,45,47,53,56,68H,4-7,9-10,12-16,18-19,21,23,26,29,32,36-38,40,42-44,46,48-52,54-55,57-67H2,1-3H3/b11-8-,20-17-,24-22-,27-25-,30-28-,33-31-,35-34-,41-39-,47-45-,56-53-. The Morgan fingerprint density at radius 1 is 0.273 bits per heavy atom. The zero-order valence-electron chi connectivity index (χ0n) is 50.2. The van der Waals surface area contributed by atoms with Crippen molar-refractivity contribution >= 4 is 17.9 Å². The number of ether oxygens (including phenoxy) is 3. The molecule has 6 heteroatoms. The van der Waals surface area contributed by atoms with Crippen molar-refractivity contribution in [3.8, 4) is 0 Å². The van der Waals surface area contributed by atoms with Crippen LogP contribution in [-0.2, 0) is 28.6 Å². The van der Waals surface area contributed by atoms with Crippen molar-refractivity contribution in [1.82, 2.24) is 0 Å². The van der Waals surface area contributed by atoms with E-state index in [1.54, 1.807) is 0 Å². The fourth-order valence-corrected chi connectivity index (χ4v) is 8.67. The predicted molar refractivity (Wildman–Crippen MR) is 334 cm³/mol. The van der Waals surface area contributed by atoms with Gasteiger partial charge in [0.05, 0.1) is 0 Å². The van der Waals surface area contributed by atoms with Crippen molar-refractivity contribution in [2.24, 2.45) is 0 Å². The van der Waals surface area contributed by atoms with Gasteiger partial charge in [0.15, 0.2) is 6.10 Å². The molecule has 438 valence electrons. The molecular formula is C71H118O6. The summed E-state index contributed by atoms with van der Waals surface area (Å²) >= 11 is 0. The van der Waals surface area contributed by atoms with E-state index < -0.39 is 6.10 Å². The number of rotatable bonds is 57. The third kappa shape index (κ3) is 62.5. The lowest BCUT2D eigenvalue weighted by Crippen LogP contribution is -2.30. The number of carbonyl (C=O) groups is 3. The second-order valence-electron chi connectivity index (χ2n) is 20.9. The van der Waals surface area contributed by atoms with E-state index in [2.05, 4.69) is 142 Å². The quantitative estimate of drug-likeness (QED) is 0.0261. The summed E-state index contributed by atoms with van der Waals surface area (Å²) < 4.78 is 16.8. The first-order chi connectivity index (χ1) is 38.0. The van der Waals surface area contributed by atoms with Crippen LogP contribution in [0, 0.1) is 0 Å². The predicted octanol–water partition coefficient (Wildman–Crippen LogP) is 22.0. The molecule has 1 atom stereocenters. The molecule has 0 fully saturated rings. The molecule has 0 rings (SSSR count). The molecule has 0 N–H and O–H groups in total. The summed E-state index contributed by atoms with van der Waals surface area (Å²) in [6.07, 6.45) is 89.2. The highest BCUT2D eigenvalue weighted by molar-refractivity contribution is 5.71. The van der Waals surface area contributed by atoms with Gasteiger partial charge in [-0.05, 0) is 109 Å². The van der Waals surface area contributed by atoms with Crippen molar-refractivity contribution in [2.75, 3.05) is 13.2 Å². The minimum Gasteiger partial charge on any atom is -0.462 e. The fourth-order valence-electron chi connectivity index (χ4n) is 8.67. The molecule has 6 nitrogen and oxygen atoms in total. The van der Waals surface area contributed by atoms with Gasteiger partial charge in [-0.15, -0.1) is 0 Å². The SMILES string of the molecule is CC/C=C\C/C=C\C/C=C\C/C=C\C/C=C\C/C=C\C/C=C\CCCC(=O)OC(COC(=O)CCCCCCCCCCCCC)COC(=O)CCCCCCCCCCCC/C=C\C/C=C\C/C=C\CCCCCCC. The minimum absolute atomic E-state index is 0.103. The lowest BCUT2D eigenvalue weighted by molar-refractivity contribution is -0.167. The average molecular weight is 1070 g/mol. The highest BCUT2D eigenvalue weighted by Crippen LogP contribution is 2.15. The van der Waals surface area contributed by atoms with E-state index in [1.807, 2.05) is 0 Å². The van der Waals surface area contributed by atoms with Crippen LogP contribution in [0.3, 0.4) is 0 Å². The Balaban J connectivity index is 4.40. The molecule has 0 saturated carbocycles. The molecule has 1 unspecified atom stereocenters. The van der Waals surface area contributed by atoms with Crippen LogP contribution in [-0.4, -0.2) is 37.2 Å². The maximum atomic E-state index is 12.9. The van der Waals surface area contributed by atoms with E-state index >= 15 is 0 Å². The number of unbranched alkanes of at least 4 members (excludes halogenated alkanes) is 26. The van der Waals surface area contributed by atoms with E-state index in [4.69, 9.17) is 14.2 Å². The Kier molecular flexibility index (Phi) is 60.8. The van der Waals surface area contributed by atoms with E-state index in [-0.39, 0.29) is 37.5 Å². The number of esters is 3. The molecule has 0 aliphatic carbocycles. The van der Waals surface area contributed by atoms with Gasteiger partial charge in [0.1, 0.15) is 13.2 Å². The number of hydrogen-bond donors (Lipinski definition) is 0. The Morgan fingerprint density at radius 3 is 0.831 bits per heavy atom. The molecule has 0 aliphatic rings. The van der Waals surface area contributed by atoms with Crippen LogP contribution in [0.5, 0.6) is 0 Å². The molecule has 0 saturated heterocycles. The maximum absolute atomic E-state index is 12.9. The molecule has 77 heavy (non-hydrogen) atoms. The van der Waals surface area contributed by atoms with Crippen LogP contribution in [0.15, 0.2) is 122 Å².